The first-order valence-electron chi connectivity index (χ1n) is 7.58. The molecule has 0 saturated heterocycles. The molecule has 0 spiro atoms. The van der Waals surface area contributed by atoms with Gasteiger partial charge in [-0.15, -0.1) is 0 Å². The van der Waals surface area contributed by atoms with E-state index in [1.807, 2.05) is 11.5 Å². The Morgan fingerprint density at radius 1 is 1.23 bits per heavy atom. The normalized spacial score (nSPS) is 10.3. The number of nitriles is 1. The van der Waals surface area contributed by atoms with Gasteiger partial charge in [0, 0.05) is 11.3 Å². The minimum absolute atomic E-state index is 0.0737. The van der Waals surface area contributed by atoms with Crippen LogP contribution in [0, 0.1) is 10.7 Å². The van der Waals surface area contributed by atoms with Gasteiger partial charge in [0.05, 0.1) is 20.0 Å². The summed E-state index contributed by atoms with van der Waals surface area (Å²) >= 11 is 0.884. The van der Waals surface area contributed by atoms with Crippen molar-refractivity contribution < 1.29 is 18.7 Å². The number of oxazole rings is 1. The van der Waals surface area contributed by atoms with E-state index >= 15 is 0 Å². The van der Waals surface area contributed by atoms with Crippen molar-refractivity contribution in [2.45, 2.75) is 0 Å². The van der Waals surface area contributed by atoms with Crippen molar-refractivity contribution in [2.24, 2.45) is 0 Å². The number of aromatic nitrogens is 1. The highest BCUT2D eigenvalue weighted by Gasteiger charge is 2.13. The molecule has 0 unspecified atom stereocenters. The molecule has 0 aliphatic heterocycles. The van der Waals surface area contributed by atoms with Crippen LogP contribution in [0.1, 0.15) is 0 Å². The monoisotopic (exact) mass is 369 g/mol. The van der Waals surface area contributed by atoms with Gasteiger partial charge in [0.25, 0.3) is 0 Å². The summed E-state index contributed by atoms with van der Waals surface area (Å²) in [6, 6.07) is 10.6. The predicted molar refractivity (Wildman–Crippen MR) is 99.2 cm³/mol. The number of nitrogens with zero attached hydrogens (tertiary/aromatic N) is 2. The van der Waals surface area contributed by atoms with Crippen LogP contribution < -0.4 is 14.8 Å². The molecule has 0 radical (unpaired) electrons. The van der Waals surface area contributed by atoms with Gasteiger partial charge in [-0.05, 0) is 48.2 Å². The first kappa shape index (κ1) is 17.6. The number of carbonyl (C=O) groups excluding carboxylic acids is 1. The summed E-state index contributed by atoms with van der Waals surface area (Å²) in [6.45, 7) is 0. The molecule has 1 amide bonds. The molecule has 3 rings (SSSR count). The summed E-state index contributed by atoms with van der Waals surface area (Å²) in [4.78, 5) is 16.2. The van der Waals surface area contributed by atoms with E-state index in [4.69, 9.17) is 19.2 Å². The molecular formula is C18H15N3O4S. The largest absolute Gasteiger partial charge is 0.493 e. The van der Waals surface area contributed by atoms with Crippen molar-refractivity contribution >= 4 is 34.5 Å². The third-order valence-electron chi connectivity index (χ3n) is 3.57. The lowest BCUT2D eigenvalue weighted by Crippen LogP contribution is -2.13. The summed E-state index contributed by atoms with van der Waals surface area (Å²) < 4.78 is 16.3. The van der Waals surface area contributed by atoms with Gasteiger partial charge in [-0.25, -0.2) is 4.98 Å². The Labute approximate surface area is 153 Å². The first-order valence-corrected chi connectivity index (χ1v) is 8.57. The molecule has 0 bridgehead atoms. The zero-order chi connectivity index (χ0) is 18.5. The van der Waals surface area contributed by atoms with Gasteiger partial charge in [-0.2, -0.15) is 5.26 Å². The standard InChI is InChI=1S/C18H15N3O4S/c1-23-15-5-3-11(7-16(15)24-2)18-21-13-8-12(4-6-14(13)25-18)20-17(22)9-26-10-19/h3-8H,9H2,1-2H3,(H,20,22). The van der Waals surface area contributed by atoms with E-state index in [9.17, 15) is 4.79 Å². The first-order chi connectivity index (χ1) is 12.6. The molecule has 1 aromatic heterocycles. The third kappa shape index (κ3) is 3.73. The number of ether oxygens (including phenoxy) is 2. The lowest BCUT2D eigenvalue weighted by Gasteiger charge is -2.07. The highest BCUT2D eigenvalue weighted by atomic mass is 32.2. The zero-order valence-electron chi connectivity index (χ0n) is 14.1. The Bertz CT molecular complexity index is 994. The van der Waals surface area contributed by atoms with Gasteiger partial charge in [0.15, 0.2) is 17.1 Å². The lowest BCUT2D eigenvalue weighted by atomic mass is 10.2. The Morgan fingerprint density at radius 3 is 2.77 bits per heavy atom. The van der Waals surface area contributed by atoms with Gasteiger partial charge in [-0.3, -0.25) is 4.79 Å². The lowest BCUT2D eigenvalue weighted by molar-refractivity contribution is -0.113. The number of nitrogens with one attached hydrogen (secondary N) is 1. The Morgan fingerprint density at radius 2 is 2.04 bits per heavy atom. The summed E-state index contributed by atoms with van der Waals surface area (Å²) in [7, 11) is 3.13. The number of rotatable bonds is 6. The number of hydrogen-bond donors (Lipinski definition) is 1. The molecule has 0 atom stereocenters. The quantitative estimate of drug-likeness (QED) is 0.662. The fourth-order valence-electron chi connectivity index (χ4n) is 2.39. The number of thiocyanates is 1. The van der Waals surface area contributed by atoms with E-state index in [2.05, 4.69) is 10.3 Å². The minimum atomic E-state index is -0.250. The highest BCUT2D eigenvalue weighted by Crippen LogP contribution is 2.33. The molecule has 3 aromatic rings. The number of hydrogen-bond acceptors (Lipinski definition) is 7. The summed E-state index contributed by atoms with van der Waals surface area (Å²) in [5.74, 6) is 1.45. The van der Waals surface area contributed by atoms with Crippen molar-refractivity contribution in [2.75, 3.05) is 25.3 Å². The van der Waals surface area contributed by atoms with Crippen LogP contribution in [0.4, 0.5) is 5.69 Å². The van der Waals surface area contributed by atoms with Crippen molar-refractivity contribution in [1.29, 1.82) is 5.26 Å². The maximum Gasteiger partial charge on any atom is 0.235 e. The van der Waals surface area contributed by atoms with E-state index in [0.29, 0.717) is 34.2 Å². The summed E-state index contributed by atoms with van der Waals surface area (Å²) in [5.41, 5.74) is 2.54. The molecule has 7 nitrogen and oxygen atoms in total. The van der Waals surface area contributed by atoms with Crippen molar-refractivity contribution in [3.8, 4) is 28.4 Å². The average molecular weight is 369 g/mol. The number of amides is 1. The Hall–Kier alpha value is -3.18. The minimum Gasteiger partial charge on any atom is -0.493 e. The third-order valence-corrected chi connectivity index (χ3v) is 4.11. The van der Waals surface area contributed by atoms with Gasteiger partial charge >= 0.3 is 0 Å². The number of fused-ring (bicyclic) bond motifs is 1. The molecule has 26 heavy (non-hydrogen) atoms. The van der Waals surface area contributed by atoms with Crippen LogP contribution in [0.15, 0.2) is 40.8 Å². The smallest absolute Gasteiger partial charge is 0.235 e. The van der Waals surface area contributed by atoms with E-state index in [1.165, 1.54) is 0 Å². The average Bonchev–Trinajstić information content (AvgIpc) is 3.09. The van der Waals surface area contributed by atoms with E-state index in [0.717, 1.165) is 17.3 Å². The molecule has 8 heteroatoms. The van der Waals surface area contributed by atoms with E-state index < -0.39 is 0 Å². The Kier molecular flexibility index (Phi) is 5.29. The second-order valence-corrected chi connectivity index (χ2v) is 5.96. The molecule has 0 aliphatic rings. The highest BCUT2D eigenvalue weighted by molar-refractivity contribution is 8.04. The molecule has 132 valence electrons. The van der Waals surface area contributed by atoms with Crippen LogP contribution in [-0.2, 0) is 4.79 Å². The van der Waals surface area contributed by atoms with Gasteiger partial charge < -0.3 is 19.2 Å². The second kappa shape index (κ2) is 7.80. The van der Waals surface area contributed by atoms with Crippen molar-refractivity contribution in [3.63, 3.8) is 0 Å². The van der Waals surface area contributed by atoms with Crippen LogP contribution in [0.2, 0.25) is 0 Å². The molecular weight excluding hydrogens is 354 g/mol. The number of anilines is 1. The number of carbonyl (C=O) groups is 1. The van der Waals surface area contributed by atoms with Crippen LogP contribution in [0.25, 0.3) is 22.6 Å². The van der Waals surface area contributed by atoms with Crippen LogP contribution in [0.3, 0.4) is 0 Å². The second-order valence-electron chi connectivity index (χ2n) is 5.20. The van der Waals surface area contributed by atoms with E-state index in [1.54, 1.807) is 44.6 Å². The topological polar surface area (TPSA) is 97.4 Å². The number of thioether (sulfide) groups is 1. The van der Waals surface area contributed by atoms with Crippen LogP contribution in [-0.4, -0.2) is 30.9 Å². The number of benzene rings is 2. The maximum absolute atomic E-state index is 11.7. The predicted octanol–water partition coefficient (Wildman–Crippen LogP) is 3.66. The summed E-state index contributed by atoms with van der Waals surface area (Å²) in [5, 5.41) is 13.1. The number of methoxy groups -OCH3 is 2. The fraction of sp³-hybridized carbons (Fsp3) is 0.167. The molecule has 0 aliphatic carbocycles. The van der Waals surface area contributed by atoms with Crippen LogP contribution >= 0.6 is 11.8 Å². The van der Waals surface area contributed by atoms with E-state index in [-0.39, 0.29) is 11.7 Å². The molecule has 0 saturated carbocycles. The van der Waals surface area contributed by atoms with Crippen molar-refractivity contribution in [3.05, 3.63) is 36.4 Å². The SMILES string of the molecule is COc1ccc(-c2nc3cc(NC(=O)CSC#N)ccc3o2)cc1OC. The molecule has 2 aromatic carbocycles. The maximum atomic E-state index is 11.7. The molecule has 1 N–H and O–H groups in total. The molecule has 0 fully saturated rings. The van der Waals surface area contributed by atoms with Gasteiger partial charge in [-0.1, -0.05) is 0 Å². The summed E-state index contributed by atoms with van der Waals surface area (Å²) in [6.07, 6.45) is 0. The fourth-order valence-corrected chi connectivity index (χ4v) is 2.66. The van der Waals surface area contributed by atoms with Gasteiger partial charge in [0.2, 0.25) is 11.8 Å². The van der Waals surface area contributed by atoms with Crippen LogP contribution in [0.5, 0.6) is 11.5 Å². The Balaban J connectivity index is 1.88. The van der Waals surface area contributed by atoms with Gasteiger partial charge in [0.1, 0.15) is 10.9 Å². The van der Waals surface area contributed by atoms with Crippen molar-refractivity contribution in [1.82, 2.24) is 4.98 Å². The zero-order valence-corrected chi connectivity index (χ0v) is 14.9. The molecule has 1 heterocycles.